The molecule has 12 nitrogen and oxygen atoms in total. The van der Waals surface area contributed by atoms with Crippen molar-refractivity contribution in [3.8, 4) is 0 Å². The van der Waals surface area contributed by atoms with Crippen molar-refractivity contribution < 1.29 is 14.3 Å². The van der Waals surface area contributed by atoms with Crippen LogP contribution in [0, 0.1) is 0 Å². The van der Waals surface area contributed by atoms with Crippen molar-refractivity contribution in [2.45, 2.75) is 19.6 Å². The zero-order chi connectivity index (χ0) is 24.5. The number of methoxy groups -OCH3 is 2. The van der Waals surface area contributed by atoms with Crippen LogP contribution in [0.1, 0.15) is 5.56 Å². The number of thiocarbonyl (C=S) groups is 1. The summed E-state index contributed by atoms with van der Waals surface area (Å²) < 4.78 is 13.9. The van der Waals surface area contributed by atoms with Gasteiger partial charge in [-0.25, -0.2) is 14.3 Å². The second-order valence-electron chi connectivity index (χ2n) is 7.27. The van der Waals surface area contributed by atoms with Gasteiger partial charge >= 0.3 is 5.69 Å². The lowest BCUT2D eigenvalue weighted by atomic mass is 10.2. The molecule has 0 aliphatic rings. The number of rotatable bonds is 10. The van der Waals surface area contributed by atoms with Crippen LogP contribution in [0.5, 0.6) is 0 Å². The first-order valence-corrected chi connectivity index (χ1v) is 10.9. The first kappa shape index (κ1) is 25.1. The number of nitrogens with one attached hydrogen (secondary N) is 3. The number of ether oxygens (including phenoxy) is 2. The van der Waals surface area contributed by atoms with Gasteiger partial charge in [-0.15, -0.1) is 0 Å². The molecule has 0 radical (unpaired) electrons. The number of carbonyl (C=O) groups excluding carboxylic acids is 1. The predicted octanol–water partition coefficient (Wildman–Crippen LogP) is -0.804. The maximum Gasteiger partial charge on any atom is 0.333 e. The van der Waals surface area contributed by atoms with E-state index in [1.54, 1.807) is 18.8 Å². The fourth-order valence-electron chi connectivity index (χ4n) is 3.27. The van der Waals surface area contributed by atoms with Gasteiger partial charge in [0.1, 0.15) is 6.54 Å². The van der Waals surface area contributed by atoms with E-state index >= 15 is 0 Å². The maximum absolute atomic E-state index is 13.3. The fraction of sp³-hybridized carbons (Fsp3) is 0.381. The van der Waals surface area contributed by atoms with Crippen LogP contribution in [-0.2, 0) is 33.9 Å². The number of carbonyl (C=O) groups is 1. The van der Waals surface area contributed by atoms with Gasteiger partial charge in [0.2, 0.25) is 0 Å². The highest BCUT2D eigenvalue weighted by molar-refractivity contribution is 7.80. The summed E-state index contributed by atoms with van der Waals surface area (Å²) in [5.41, 5.74) is 4.97. The molecular formula is C21H27N7O5S. The lowest BCUT2D eigenvalue weighted by Gasteiger charge is -2.14. The molecule has 3 N–H and O–H groups in total. The largest absolute Gasteiger partial charge is 0.383 e. The van der Waals surface area contributed by atoms with Crippen LogP contribution in [0.2, 0.25) is 0 Å². The van der Waals surface area contributed by atoms with Gasteiger partial charge < -0.3 is 19.4 Å². The summed E-state index contributed by atoms with van der Waals surface area (Å²) in [6.45, 7) is 1.27. The van der Waals surface area contributed by atoms with Crippen LogP contribution < -0.4 is 27.4 Å². The first-order valence-electron chi connectivity index (χ1n) is 10.5. The molecule has 13 heteroatoms. The Balaban J connectivity index is 1.92. The molecular weight excluding hydrogens is 462 g/mol. The second kappa shape index (κ2) is 12.1. The van der Waals surface area contributed by atoms with Crippen molar-refractivity contribution in [1.82, 2.24) is 34.9 Å². The number of hydrogen-bond acceptors (Lipinski definition) is 7. The van der Waals surface area contributed by atoms with Crippen LogP contribution in [0.15, 0.2) is 46.2 Å². The summed E-state index contributed by atoms with van der Waals surface area (Å²) in [6, 6.07) is 9.31. The number of fused-ring (bicyclic) bond motifs is 1. The highest BCUT2D eigenvalue weighted by Crippen LogP contribution is 2.09. The minimum absolute atomic E-state index is 0.173. The Kier molecular flexibility index (Phi) is 8.90. The molecule has 2 aromatic heterocycles. The van der Waals surface area contributed by atoms with Gasteiger partial charge in [-0.05, 0) is 17.8 Å². The number of benzene rings is 1. The summed E-state index contributed by atoms with van der Waals surface area (Å²) in [5, 5.41) is 3.01. The van der Waals surface area contributed by atoms with Crippen molar-refractivity contribution >= 4 is 34.4 Å². The van der Waals surface area contributed by atoms with Crippen LogP contribution in [0.3, 0.4) is 0 Å². The lowest BCUT2D eigenvalue weighted by molar-refractivity contribution is -0.122. The van der Waals surface area contributed by atoms with Crippen molar-refractivity contribution in [3.05, 3.63) is 63.1 Å². The molecule has 0 unspecified atom stereocenters. The molecule has 182 valence electrons. The number of hydrogen-bond donors (Lipinski definition) is 3. The van der Waals surface area contributed by atoms with Crippen molar-refractivity contribution in [2.75, 3.05) is 34.0 Å². The Bertz CT molecular complexity index is 1250. The van der Waals surface area contributed by atoms with Crippen molar-refractivity contribution in [2.24, 2.45) is 0 Å². The lowest BCUT2D eigenvalue weighted by Crippen LogP contribution is -2.50. The second-order valence-corrected chi connectivity index (χ2v) is 7.68. The SMILES string of the molecule is COCCNC(=S)NNC(=O)Cn1c(=O)c2c(ncn2CCOC)n(Cc2ccccc2)c1=O. The molecule has 0 atom stereocenters. The standard InChI is InChI=1S/C21H27N7O5S/c1-32-10-8-22-20(34)25-24-16(29)13-28-19(30)17-18(23-14-26(17)9-11-33-2)27(21(28)31)12-15-6-4-3-5-7-15/h3-7,14H,8-13H2,1-2H3,(H,24,29)(H2,22,25,34). The number of nitrogens with zero attached hydrogens (tertiary/aromatic N) is 4. The minimum atomic E-state index is -0.644. The zero-order valence-corrected chi connectivity index (χ0v) is 19.8. The third kappa shape index (κ3) is 6.07. The van der Waals surface area contributed by atoms with Gasteiger partial charge in [0.25, 0.3) is 11.5 Å². The molecule has 1 amide bonds. The van der Waals surface area contributed by atoms with Crippen LogP contribution in [-0.4, -0.2) is 63.7 Å². The Morgan fingerprint density at radius 3 is 2.50 bits per heavy atom. The molecule has 1 aromatic carbocycles. The molecule has 0 bridgehead atoms. The summed E-state index contributed by atoms with van der Waals surface area (Å²) >= 11 is 5.05. The summed E-state index contributed by atoms with van der Waals surface area (Å²) in [7, 11) is 3.11. The Labute approximate surface area is 200 Å². The smallest absolute Gasteiger partial charge is 0.333 e. The van der Waals surface area contributed by atoms with Crippen molar-refractivity contribution in [3.63, 3.8) is 0 Å². The molecule has 3 rings (SSSR count). The van der Waals surface area contributed by atoms with E-state index in [1.165, 1.54) is 10.9 Å². The fourth-order valence-corrected chi connectivity index (χ4v) is 3.42. The van der Waals surface area contributed by atoms with E-state index < -0.39 is 23.7 Å². The minimum Gasteiger partial charge on any atom is -0.383 e. The number of imidazole rings is 1. The molecule has 0 saturated carbocycles. The summed E-state index contributed by atoms with van der Waals surface area (Å²) in [5.74, 6) is -0.622. The van der Waals surface area contributed by atoms with E-state index in [4.69, 9.17) is 21.7 Å². The number of hydrazine groups is 1. The van der Waals surface area contributed by atoms with Crippen molar-refractivity contribution in [1.29, 1.82) is 0 Å². The van der Waals surface area contributed by atoms with E-state index in [1.807, 2.05) is 30.3 Å². The molecule has 0 aliphatic heterocycles. The summed E-state index contributed by atoms with van der Waals surface area (Å²) in [6.07, 6.45) is 1.49. The molecule has 34 heavy (non-hydrogen) atoms. The van der Waals surface area contributed by atoms with E-state index in [0.717, 1.165) is 10.1 Å². The average molecular weight is 490 g/mol. The Morgan fingerprint density at radius 1 is 1.06 bits per heavy atom. The van der Waals surface area contributed by atoms with Crippen LogP contribution in [0.25, 0.3) is 11.2 Å². The van der Waals surface area contributed by atoms with Crippen LogP contribution in [0.4, 0.5) is 0 Å². The van der Waals surface area contributed by atoms with Gasteiger partial charge in [-0.1, -0.05) is 30.3 Å². The van der Waals surface area contributed by atoms with Gasteiger partial charge in [0, 0.05) is 27.3 Å². The molecule has 3 aromatic rings. The third-order valence-electron chi connectivity index (χ3n) is 4.91. The van der Waals surface area contributed by atoms with E-state index in [2.05, 4.69) is 21.2 Å². The van der Waals surface area contributed by atoms with E-state index in [0.29, 0.717) is 26.3 Å². The Hall–Kier alpha value is -3.55. The van der Waals surface area contributed by atoms with E-state index in [9.17, 15) is 14.4 Å². The summed E-state index contributed by atoms with van der Waals surface area (Å²) in [4.78, 5) is 43.4. The highest BCUT2D eigenvalue weighted by Gasteiger charge is 2.20. The first-order chi connectivity index (χ1) is 16.5. The molecule has 0 aliphatic carbocycles. The predicted molar refractivity (Wildman–Crippen MR) is 129 cm³/mol. The topological polar surface area (TPSA) is 133 Å². The normalized spacial score (nSPS) is 10.9. The average Bonchev–Trinajstić information content (AvgIpc) is 3.26. The van der Waals surface area contributed by atoms with Gasteiger partial charge in [0.15, 0.2) is 16.3 Å². The van der Waals surface area contributed by atoms with Gasteiger partial charge in [-0.3, -0.25) is 25.0 Å². The molecule has 2 heterocycles. The van der Waals surface area contributed by atoms with Crippen LogP contribution >= 0.6 is 12.2 Å². The Morgan fingerprint density at radius 2 is 1.79 bits per heavy atom. The highest BCUT2D eigenvalue weighted by atomic mass is 32.1. The molecule has 0 spiro atoms. The van der Waals surface area contributed by atoms with Gasteiger partial charge in [0.05, 0.1) is 26.1 Å². The number of amides is 1. The quantitative estimate of drug-likeness (QED) is 0.190. The van der Waals surface area contributed by atoms with Gasteiger partial charge in [-0.2, -0.15) is 0 Å². The van der Waals surface area contributed by atoms with E-state index in [-0.39, 0.29) is 22.8 Å². The maximum atomic E-state index is 13.3. The third-order valence-corrected chi connectivity index (χ3v) is 5.16. The molecule has 0 fully saturated rings. The number of aromatic nitrogens is 4. The monoisotopic (exact) mass is 489 g/mol. The zero-order valence-electron chi connectivity index (χ0n) is 18.9. The molecule has 0 saturated heterocycles.